The second kappa shape index (κ2) is 7.73. The molecule has 1 unspecified atom stereocenters. The van der Waals surface area contributed by atoms with Gasteiger partial charge in [-0.05, 0) is 71.1 Å². The predicted octanol–water partition coefficient (Wildman–Crippen LogP) is 6.54. The van der Waals surface area contributed by atoms with E-state index in [-0.39, 0.29) is 11.9 Å². The standard InChI is InChI=1S/C25H21BrN2O2/c1-16-6-4-7-17(14-16)18-11-12-23-21(15-18)27-24(30-23)22-10-5-13-28(22)25(29)19-8-2-3-9-20(19)26/h2-4,6-9,11-12,14-15,22H,5,10,13H2,1H3. The number of carbonyl (C=O) groups excluding carboxylic acids is 1. The van der Waals surface area contributed by atoms with E-state index in [4.69, 9.17) is 9.40 Å². The molecule has 30 heavy (non-hydrogen) atoms. The average Bonchev–Trinajstić information content (AvgIpc) is 3.40. The van der Waals surface area contributed by atoms with Crippen LogP contribution in [0.4, 0.5) is 0 Å². The molecule has 0 radical (unpaired) electrons. The van der Waals surface area contributed by atoms with Gasteiger partial charge >= 0.3 is 0 Å². The fourth-order valence-corrected chi connectivity index (χ4v) is 4.60. The number of amides is 1. The highest BCUT2D eigenvalue weighted by atomic mass is 79.9. The van der Waals surface area contributed by atoms with Crippen LogP contribution in [0.25, 0.3) is 22.2 Å². The first-order chi connectivity index (χ1) is 14.6. The summed E-state index contributed by atoms with van der Waals surface area (Å²) < 4.78 is 6.90. The van der Waals surface area contributed by atoms with Crippen molar-refractivity contribution in [1.82, 2.24) is 9.88 Å². The number of rotatable bonds is 3. The largest absolute Gasteiger partial charge is 0.438 e. The van der Waals surface area contributed by atoms with Gasteiger partial charge in [-0.2, -0.15) is 0 Å². The van der Waals surface area contributed by atoms with E-state index in [9.17, 15) is 4.79 Å². The maximum absolute atomic E-state index is 13.2. The zero-order chi connectivity index (χ0) is 20.7. The van der Waals surface area contributed by atoms with Crippen LogP contribution >= 0.6 is 15.9 Å². The monoisotopic (exact) mass is 460 g/mol. The first-order valence-electron chi connectivity index (χ1n) is 10.1. The summed E-state index contributed by atoms with van der Waals surface area (Å²) in [6.45, 7) is 2.80. The maximum atomic E-state index is 13.2. The Bertz CT molecular complexity index is 1250. The summed E-state index contributed by atoms with van der Waals surface area (Å²) in [5.74, 6) is 0.622. The van der Waals surface area contributed by atoms with Crippen molar-refractivity contribution in [2.24, 2.45) is 0 Å². The van der Waals surface area contributed by atoms with Crippen LogP contribution in [0.15, 0.2) is 75.6 Å². The Kier molecular flexibility index (Phi) is 4.91. The highest BCUT2D eigenvalue weighted by Crippen LogP contribution is 2.36. The molecule has 0 spiro atoms. The fourth-order valence-electron chi connectivity index (χ4n) is 4.15. The Morgan fingerprint density at radius 3 is 2.73 bits per heavy atom. The van der Waals surface area contributed by atoms with Gasteiger partial charge in [-0.1, -0.05) is 48.0 Å². The molecule has 4 nitrogen and oxygen atoms in total. The van der Waals surface area contributed by atoms with E-state index < -0.39 is 0 Å². The number of oxazole rings is 1. The third kappa shape index (κ3) is 3.43. The van der Waals surface area contributed by atoms with E-state index in [0.29, 0.717) is 18.0 Å². The third-order valence-corrected chi connectivity index (χ3v) is 6.35. The van der Waals surface area contributed by atoms with Crippen LogP contribution in [0.2, 0.25) is 0 Å². The summed E-state index contributed by atoms with van der Waals surface area (Å²) in [5.41, 5.74) is 5.74. The molecule has 1 saturated heterocycles. The van der Waals surface area contributed by atoms with Crippen molar-refractivity contribution in [3.05, 3.63) is 88.2 Å². The van der Waals surface area contributed by atoms with Crippen LogP contribution in [-0.4, -0.2) is 22.3 Å². The Morgan fingerprint density at radius 1 is 1.07 bits per heavy atom. The van der Waals surface area contributed by atoms with E-state index in [2.05, 4.69) is 59.3 Å². The molecule has 1 aliphatic heterocycles. The molecule has 1 aliphatic rings. The number of fused-ring (bicyclic) bond motifs is 1. The molecule has 1 amide bonds. The molecule has 0 bridgehead atoms. The molecule has 0 saturated carbocycles. The Morgan fingerprint density at radius 2 is 1.90 bits per heavy atom. The molecular weight excluding hydrogens is 440 g/mol. The van der Waals surface area contributed by atoms with Crippen LogP contribution in [0.1, 0.15) is 40.7 Å². The van der Waals surface area contributed by atoms with Gasteiger partial charge in [0.2, 0.25) is 5.89 Å². The summed E-state index contributed by atoms with van der Waals surface area (Å²) >= 11 is 3.50. The topological polar surface area (TPSA) is 46.3 Å². The first kappa shape index (κ1) is 19.1. The minimum Gasteiger partial charge on any atom is -0.438 e. The quantitative estimate of drug-likeness (QED) is 0.348. The fraction of sp³-hybridized carbons (Fsp3) is 0.200. The van der Waals surface area contributed by atoms with Gasteiger partial charge < -0.3 is 9.32 Å². The number of carbonyl (C=O) groups is 1. The number of likely N-dealkylation sites (tertiary alicyclic amines) is 1. The summed E-state index contributed by atoms with van der Waals surface area (Å²) in [4.78, 5) is 19.8. The second-order valence-electron chi connectivity index (χ2n) is 7.74. The minimum atomic E-state index is -0.139. The second-order valence-corrected chi connectivity index (χ2v) is 8.59. The number of halogens is 1. The smallest absolute Gasteiger partial charge is 0.255 e. The predicted molar refractivity (Wildman–Crippen MR) is 121 cm³/mol. The number of hydrogen-bond donors (Lipinski definition) is 0. The summed E-state index contributed by atoms with van der Waals surface area (Å²) in [7, 11) is 0. The average molecular weight is 461 g/mol. The van der Waals surface area contributed by atoms with Crippen molar-refractivity contribution in [1.29, 1.82) is 0 Å². The van der Waals surface area contributed by atoms with Crippen LogP contribution < -0.4 is 0 Å². The van der Waals surface area contributed by atoms with Gasteiger partial charge in [0.05, 0.1) is 5.56 Å². The molecule has 5 rings (SSSR count). The van der Waals surface area contributed by atoms with Gasteiger partial charge in [-0.3, -0.25) is 4.79 Å². The van der Waals surface area contributed by atoms with E-state index in [1.807, 2.05) is 35.2 Å². The van der Waals surface area contributed by atoms with Gasteiger partial charge in [0.25, 0.3) is 5.91 Å². The Hall–Kier alpha value is -2.92. The van der Waals surface area contributed by atoms with Gasteiger partial charge in [0, 0.05) is 11.0 Å². The molecule has 0 N–H and O–H groups in total. The molecule has 150 valence electrons. The highest BCUT2D eigenvalue weighted by molar-refractivity contribution is 9.10. The van der Waals surface area contributed by atoms with Gasteiger partial charge in [0.15, 0.2) is 5.58 Å². The van der Waals surface area contributed by atoms with Crippen molar-refractivity contribution in [3.8, 4) is 11.1 Å². The number of benzene rings is 3. The van der Waals surface area contributed by atoms with Crippen molar-refractivity contribution in [2.75, 3.05) is 6.54 Å². The number of hydrogen-bond acceptors (Lipinski definition) is 3. The maximum Gasteiger partial charge on any atom is 0.255 e. The van der Waals surface area contributed by atoms with Crippen molar-refractivity contribution >= 4 is 32.9 Å². The lowest BCUT2D eigenvalue weighted by Crippen LogP contribution is -2.30. The van der Waals surface area contributed by atoms with Crippen molar-refractivity contribution < 1.29 is 9.21 Å². The highest BCUT2D eigenvalue weighted by Gasteiger charge is 2.34. The SMILES string of the molecule is Cc1cccc(-c2ccc3oc(C4CCCN4C(=O)c4ccccc4Br)nc3c2)c1. The van der Waals surface area contributed by atoms with Crippen LogP contribution in [0, 0.1) is 6.92 Å². The Labute approximate surface area is 183 Å². The summed E-state index contributed by atoms with van der Waals surface area (Å²) in [5, 5.41) is 0. The zero-order valence-corrected chi connectivity index (χ0v) is 18.2. The summed E-state index contributed by atoms with van der Waals surface area (Å²) in [6.07, 6.45) is 1.79. The lowest BCUT2D eigenvalue weighted by Gasteiger charge is -2.22. The van der Waals surface area contributed by atoms with Crippen molar-refractivity contribution in [2.45, 2.75) is 25.8 Å². The first-order valence-corrected chi connectivity index (χ1v) is 10.9. The van der Waals surface area contributed by atoms with Crippen molar-refractivity contribution in [3.63, 3.8) is 0 Å². The van der Waals surface area contributed by atoms with E-state index in [1.165, 1.54) is 5.56 Å². The summed E-state index contributed by atoms with van der Waals surface area (Å²) in [6, 6.07) is 21.9. The van der Waals surface area contributed by atoms with Gasteiger partial charge in [-0.15, -0.1) is 0 Å². The number of nitrogens with zero attached hydrogens (tertiary/aromatic N) is 2. The third-order valence-electron chi connectivity index (χ3n) is 5.66. The van der Waals surface area contributed by atoms with E-state index in [0.717, 1.165) is 39.5 Å². The van der Waals surface area contributed by atoms with E-state index in [1.54, 1.807) is 0 Å². The molecule has 1 aromatic heterocycles. The number of aromatic nitrogens is 1. The van der Waals surface area contributed by atoms with E-state index >= 15 is 0 Å². The van der Waals surface area contributed by atoms with Crippen LogP contribution in [0.5, 0.6) is 0 Å². The molecular formula is C25H21BrN2O2. The molecule has 0 aliphatic carbocycles. The molecule has 5 heteroatoms. The molecule has 1 atom stereocenters. The molecule has 1 fully saturated rings. The number of aryl methyl sites for hydroxylation is 1. The van der Waals surface area contributed by atoms with Crippen LogP contribution in [0.3, 0.4) is 0 Å². The Balaban J connectivity index is 1.48. The van der Waals surface area contributed by atoms with Gasteiger partial charge in [0.1, 0.15) is 11.6 Å². The normalized spacial score (nSPS) is 16.3. The van der Waals surface area contributed by atoms with Crippen LogP contribution in [-0.2, 0) is 0 Å². The minimum absolute atomic E-state index is 0.00711. The lowest BCUT2D eigenvalue weighted by atomic mass is 10.0. The molecule has 3 aromatic carbocycles. The zero-order valence-electron chi connectivity index (χ0n) is 16.6. The molecule has 2 heterocycles. The molecule has 4 aromatic rings. The lowest BCUT2D eigenvalue weighted by molar-refractivity contribution is 0.0716. The van der Waals surface area contributed by atoms with Gasteiger partial charge in [-0.25, -0.2) is 4.98 Å².